The SMILES string of the molecule is CC(C)CC1=NN(c2ccc(Cl)cc2)C(=O)C1. The fraction of sp³-hybridized carbons (Fsp3) is 0.385. The molecule has 0 fully saturated rings. The Morgan fingerprint density at radius 2 is 2.00 bits per heavy atom. The maximum atomic E-state index is 11.8. The van der Waals surface area contributed by atoms with E-state index in [2.05, 4.69) is 18.9 Å². The van der Waals surface area contributed by atoms with Crippen LogP contribution in [0.25, 0.3) is 0 Å². The topological polar surface area (TPSA) is 32.7 Å². The molecule has 0 bridgehead atoms. The van der Waals surface area contributed by atoms with E-state index in [1.165, 1.54) is 5.01 Å². The number of nitrogens with zero attached hydrogens (tertiary/aromatic N) is 2. The summed E-state index contributed by atoms with van der Waals surface area (Å²) in [5.74, 6) is 0.551. The largest absolute Gasteiger partial charge is 0.272 e. The number of hydrazone groups is 1. The third-order valence-electron chi connectivity index (χ3n) is 2.55. The summed E-state index contributed by atoms with van der Waals surface area (Å²) in [6.45, 7) is 4.25. The minimum atomic E-state index is 0.0305. The first-order valence-corrected chi connectivity index (χ1v) is 6.09. The van der Waals surface area contributed by atoms with Gasteiger partial charge in [-0.05, 0) is 36.6 Å². The lowest BCUT2D eigenvalue weighted by Gasteiger charge is -2.11. The standard InChI is InChI=1S/C13H15ClN2O/c1-9(2)7-11-8-13(17)16(15-11)12-5-3-10(14)4-6-12/h3-6,9H,7-8H2,1-2H3. The normalized spacial score (nSPS) is 15.6. The van der Waals surface area contributed by atoms with Crippen LogP contribution in [-0.4, -0.2) is 11.6 Å². The summed E-state index contributed by atoms with van der Waals surface area (Å²) in [6, 6.07) is 7.14. The Bertz CT molecular complexity index is 451. The molecule has 17 heavy (non-hydrogen) atoms. The second-order valence-corrected chi connectivity index (χ2v) is 5.06. The van der Waals surface area contributed by atoms with Gasteiger partial charge >= 0.3 is 0 Å². The van der Waals surface area contributed by atoms with Crippen LogP contribution in [-0.2, 0) is 4.79 Å². The highest BCUT2D eigenvalue weighted by Gasteiger charge is 2.25. The van der Waals surface area contributed by atoms with Crippen molar-refractivity contribution in [1.82, 2.24) is 0 Å². The zero-order chi connectivity index (χ0) is 12.4. The van der Waals surface area contributed by atoms with Crippen LogP contribution in [0.5, 0.6) is 0 Å². The van der Waals surface area contributed by atoms with Crippen molar-refractivity contribution < 1.29 is 4.79 Å². The van der Waals surface area contributed by atoms with Gasteiger partial charge in [-0.3, -0.25) is 4.79 Å². The van der Waals surface area contributed by atoms with Crippen molar-refractivity contribution in [3.8, 4) is 0 Å². The number of halogens is 1. The van der Waals surface area contributed by atoms with E-state index in [4.69, 9.17) is 11.6 Å². The first-order chi connectivity index (χ1) is 8.06. The van der Waals surface area contributed by atoms with Crippen LogP contribution in [0.1, 0.15) is 26.7 Å². The number of benzene rings is 1. The summed E-state index contributed by atoms with van der Waals surface area (Å²) in [5.41, 5.74) is 1.73. The molecule has 90 valence electrons. The van der Waals surface area contributed by atoms with E-state index < -0.39 is 0 Å². The van der Waals surface area contributed by atoms with Crippen LogP contribution in [0, 0.1) is 5.92 Å². The molecular formula is C13H15ClN2O. The molecule has 0 saturated carbocycles. The predicted octanol–water partition coefficient (Wildman–Crippen LogP) is 3.48. The van der Waals surface area contributed by atoms with E-state index in [0.717, 1.165) is 17.8 Å². The summed E-state index contributed by atoms with van der Waals surface area (Å²) in [4.78, 5) is 11.8. The molecule has 0 radical (unpaired) electrons. The first kappa shape index (κ1) is 12.1. The van der Waals surface area contributed by atoms with Gasteiger partial charge in [-0.2, -0.15) is 5.10 Å². The van der Waals surface area contributed by atoms with Crippen molar-refractivity contribution in [2.75, 3.05) is 5.01 Å². The van der Waals surface area contributed by atoms with Gasteiger partial charge in [-0.15, -0.1) is 0 Å². The quantitative estimate of drug-likeness (QED) is 0.808. The predicted molar refractivity (Wildman–Crippen MR) is 70.4 cm³/mol. The third-order valence-corrected chi connectivity index (χ3v) is 2.80. The Labute approximate surface area is 106 Å². The van der Waals surface area contributed by atoms with Gasteiger partial charge < -0.3 is 0 Å². The second kappa shape index (κ2) is 4.88. The molecule has 0 saturated heterocycles. The Kier molecular flexibility index (Phi) is 3.48. The van der Waals surface area contributed by atoms with Crippen LogP contribution < -0.4 is 5.01 Å². The van der Waals surface area contributed by atoms with Gasteiger partial charge in [0, 0.05) is 10.7 Å². The van der Waals surface area contributed by atoms with Gasteiger partial charge in [0.1, 0.15) is 0 Å². The van der Waals surface area contributed by atoms with Crippen molar-refractivity contribution in [1.29, 1.82) is 0 Å². The molecule has 1 aliphatic rings. The molecule has 1 amide bonds. The maximum Gasteiger partial charge on any atom is 0.253 e. The molecule has 0 N–H and O–H groups in total. The lowest BCUT2D eigenvalue weighted by atomic mass is 10.1. The van der Waals surface area contributed by atoms with Crippen LogP contribution in [0.15, 0.2) is 29.4 Å². The molecule has 2 rings (SSSR count). The van der Waals surface area contributed by atoms with E-state index in [0.29, 0.717) is 17.4 Å². The molecule has 0 aliphatic carbocycles. The van der Waals surface area contributed by atoms with Gasteiger partial charge in [-0.1, -0.05) is 25.4 Å². The highest BCUT2D eigenvalue weighted by atomic mass is 35.5. The zero-order valence-corrected chi connectivity index (χ0v) is 10.7. The van der Waals surface area contributed by atoms with E-state index in [1.54, 1.807) is 12.1 Å². The van der Waals surface area contributed by atoms with Gasteiger partial charge in [0.2, 0.25) is 0 Å². The maximum absolute atomic E-state index is 11.8. The number of hydrogen-bond donors (Lipinski definition) is 0. The van der Waals surface area contributed by atoms with E-state index in [-0.39, 0.29) is 5.91 Å². The molecule has 1 aromatic carbocycles. The summed E-state index contributed by atoms with van der Waals surface area (Å²) in [5, 5.41) is 6.49. The number of hydrogen-bond acceptors (Lipinski definition) is 2. The van der Waals surface area contributed by atoms with Crippen LogP contribution >= 0.6 is 11.6 Å². The number of anilines is 1. The Balaban J connectivity index is 2.18. The molecule has 0 atom stereocenters. The summed E-state index contributed by atoms with van der Waals surface area (Å²) >= 11 is 5.81. The summed E-state index contributed by atoms with van der Waals surface area (Å²) < 4.78 is 0. The first-order valence-electron chi connectivity index (χ1n) is 5.71. The molecule has 0 aromatic heterocycles. The van der Waals surface area contributed by atoms with Gasteiger partial charge in [0.05, 0.1) is 12.1 Å². The van der Waals surface area contributed by atoms with Crippen molar-refractivity contribution >= 4 is 28.9 Å². The Morgan fingerprint density at radius 1 is 1.35 bits per heavy atom. The van der Waals surface area contributed by atoms with E-state index in [1.807, 2.05) is 12.1 Å². The van der Waals surface area contributed by atoms with Crippen molar-refractivity contribution in [3.63, 3.8) is 0 Å². The zero-order valence-electron chi connectivity index (χ0n) is 9.98. The molecule has 0 unspecified atom stereocenters. The molecule has 1 aliphatic heterocycles. The highest BCUT2D eigenvalue weighted by molar-refractivity contribution is 6.30. The highest BCUT2D eigenvalue weighted by Crippen LogP contribution is 2.24. The number of amides is 1. The van der Waals surface area contributed by atoms with Crippen molar-refractivity contribution in [2.45, 2.75) is 26.7 Å². The molecule has 4 heteroatoms. The summed E-state index contributed by atoms with van der Waals surface area (Å²) in [7, 11) is 0. The summed E-state index contributed by atoms with van der Waals surface area (Å²) in [6.07, 6.45) is 1.30. The number of rotatable bonds is 3. The number of carbonyl (C=O) groups excluding carboxylic acids is 1. The van der Waals surface area contributed by atoms with Crippen LogP contribution in [0.2, 0.25) is 5.02 Å². The van der Waals surface area contributed by atoms with Crippen molar-refractivity contribution in [2.24, 2.45) is 11.0 Å². The number of carbonyl (C=O) groups is 1. The third kappa shape index (κ3) is 2.86. The molecule has 1 aromatic rings. The molecular weight excluding hydrogens is 236 g/mol. The van der Waals surface area contributed by atoms with E-state index in [9.17, 15) is 4.79 Å². The minimum absolute atomic E-state index is 0.0305. The smallest absolute Gasteiger partial charge is 0.253 e. The fourth-order valence-electron chi connectivity index (χ4n) is 1.85. The average molecular weight is 251 g/mol. The Hall–Kier alpha value is -1.35. The van der Waals surface area contributed by atoms with Crippen LogP contribution in [0.3, 0.4) is 0 Å². The fourth-order valence-corrected chi connectivity index (χ4v) is 1.98. The average Bonchev–Trinajstić information content (AvgIpc) is 2.59. The monoisotopic (exact) mass is 250 g/mol. The second-order valence-electron chi connectivity index (χ2n) is 4.62. The molecule has 0 spiro atoms. The van der Waals surface area contributed by atoms with Crippen molar-refractivity contribution in [3.05, 3.63) is 29.3 Å². The van der Waals surface area contributed by atoms with Gasteiger partial charge in [-0.25, -0.2) is 5.01 Å². The van der Waals surface area contributed by atoms with Gasteiger partial charge in [0.25, 0.3) is 5.91 Å². The Morgan fingerprint density at radius 3 is 2.59 bits per heavy atom. The van der Waals surface area contributed by atoms with Gasteiger partial charge in [0.15, 0.2) is 0 Å². The lowest BCUT2D eigenvalue weighted by Crippen LogP contribution is -2.19. The molecule has 1 heterocycles. The molecule has 3 nitrogen and oxygen atoms in total. The minimum Gasteiger partial charge on any atom is -0.272 e. The van der Waals surface area contributed by atoms with Crippen LogP contribution in [0.4, 0.5) is 5.69 Å². The lowest BCUT2D eigenvalue weighted by molar-refractivity contribution is -0.116. The van der Waals surface area contributed by atoms with E-state index >= 15 is 0 Å².